The van der Waals surface area contributed by atoms with Gasteiger partial charge in [0.05, 0.1) is 12.2 Å². The first-order chi connectivity index (χ1) is 15.5. The molecule has 3 unspecified atom stereocenters. The van der Waals surface area contributed by atoms with Gasteiger partial charge in [0.1, 0.15) is 18.2 Å². The van der Waals surface area contributed by atoms with Crippen molar-refractivity contribution >= 4 is 17.7 Å². The maximum absolute atomic E-state index is 13.5. The number of carbonyl (C=O) groups excluding carboxylic acids is 3. The van der Waals surface area contributed by atoms with Crippen molar-refractivity contribution in [1.29, 1.82) is 0 Å². The summed E-state index contributed by atoms with van der Waals surface area (Å²) in [5.41, 5.74) is 8.20. The van der Waals surface area contributed by atoms with Gasteiger partial charge in [-0.2, -0.15) is 0 Å². The smallest absolute Gasteiger partial charge is 0.252 e. The zero-order valence-corrected chi connectivity index (χ0v) is 18.6. The van der Waals surface area contributed by atoms with Crippen molar-refractivity contribution in [3.63, 3.8) is 0 Å². The van der Waals surface area contributed by atoms with Crippen LogP contribution in [0.5, 0.6) is 0 Å². The maximum atomic E-state index is 13.5. The molecule has 6 N–H and O–H groups in total. The molecule has 0 aromatic heterocycles. The van der Waals surface area contributed by atoms with E-state index in [9.17, 15) is 14.4 Å². The second-order valence-electron chi connectivity index (χ2n) is 8.93. The summed E-state index contributed by atoms with van der Waals surface area (Å²) in [5, 5.41) is 12.1. The zero-order valence-electron chi connectivity index (χ0n) is 18.6. The van der Waals surface area contributed by atoms with Crippen LogP contribution in [0.1, 0.15) is 55.7 Å². The molecule has 32 heavy (non-hydrogen) atoms. The number of likely N-dealkylation sites (N-methyl/N-ethyl adjacent to an activating group) is 1. The van der Waals surface area contributed by atoms with Crippen molar-refractivity contribution in [2.24, 2.45) is 5.73 Å². The molecular formula is C23H34N6O3. The molecule has 5 atom stereocenters. The lowest BCUT2D eigenvalue weighted by molar-refractivity contribution is -0.145. The molecule has 1 aromatic rings. The zero-order chi connectivity index (χ0) is 22.7. The second kappa shape index (κ2) is 9.97. The van der Waals surface area contributed by atoms with E-state index < -0.39 is 24.2 Å². The number of nitrogens with one attached hydrogen (secondary N) is 4. The standard InChI is InChI=1S/C23H34N6O3/c1-25-20(24)22(31)28-17-10-5-13-26-19-12-11-18(29(19)23(17)32)21(30)27-16-9-4-7-14-6-2-3-8-15(14)16/h2-3,6,8,16-20,25-26H,4-5,7,9-13,24H2,1H3,(H,27,30)(H,28,31)/t16?,17-,18?,19?,20+/m0/s1. The van der Waals surface area contributed by atoms with E-state index in [0.29, 0.717) is 19.3 Å². The van der Waals surface area contributed by atoms with Crippen molar-refractivity contribution in [2.75, 3.05) is 13.6 Å². The van der Waals surface area contributed by atoms with Gasteiger partial charge in [0.25, 0.3) is 5.91 Å². The van der Waals surface area contributed by atoms with Crippen LogP contribution in [-0.2, 0) is 20.8 Å². The summed E-state index contributed by atoms with van der Waals surface area (Å²) in [5.74, 6) is -0.766. The molecule has 4 rings (SSSR count). The molecule has 174 valence electrons. The number of aryl methyl sites for hydroxylation is 1. The Labute approximate surface area is 188 Å². The minimum Gasteiger partial charge on any atom is -0.347 e. The third kappa shape index (κ3) is 4.65. The van der Waals surface area contributed by atoms with Crippen molar-refractivity contribution < 1.29 is 14.4 Å². The third-order valence-corrected chi connectivity index (χ3v) is 6.89. The summed E-state index contributed by atoms with van der Waals surface area (Å²) in [7, 11) is 1.59. The van der Waals surface area contributed by atoms with Crippen molar-refractivity contribution in [1.82, 2.24) is 26.2 Å². The van der Waals surface area contributed by atoms with Crippen molar-refractivity contribution in [2.45, 2.75) is 75.4 Å². The fraction of sp³-hybridized carbons (Fsp3) is 0.609. The summed E-state index contributed by atoms with van der Waals surface area (Å²) in [4.78, 5) is 40.8. The molecule has 0 radical (unpaired) electrons. The van der Waals surface area contributed by atoms with Gasteiger partial charge < -0.3 is 21.3 Å². The molecule has 0 saturated carbocycles. The predicted octanol–water partition coefficient (Wildman–Crippen LogP) is -0.130. The van der Waals surface area contributed by atoms with E-state index in [1.807, 2.05) is 12.1 Å². The molecule has 2 fully saturated rings. The first-order valence-electron chi connectivity index (χ1n) is 11.7. The largest absolute Gasteiger partial charge is 0.347 e. The number of fused-ring (bicyclic) bond motifs is 2. The van der Waals surface area contributed by atoms with Crippen LogP contribution in [0, 0.1) is 0 Å². The Balaban J connectivity index is 1.49. The molecule has 1 aliphatic carbocycles. The quantitative estimate of drug-likeness (QED) is 0.404. The van der Waals surface area contributed by atoms with Gasteiger partial charge >= 0.3 is 0 Å². The number of carbonyl (C=O) groups is 3. The fourth-order valence-corrected chi connectivity index (χ4v) is 5.15. The monoisotopic (exact) mass is 442 g/mol. The number of hydrogen-bond donors (Lipinski definition) is 5. The molecular weight excluding hydrogens is 408 g/mol. The Morgan fingerprint density at radius 1 is 1.09 bits per heavy atom. The lowest BCUT2D eigenvalue weighted by Gasteiger charge is -2.36. The van der Waals surface area contributed by atoms with E-state index in [0.717, 1.165) is 32.2 Å². The average molecular weight is 443 g/mol. The molecule has 9 nitrogen and oxygen atoms in total. The highest BCUT2D eigenvalue weighted by Crippen LogP contribution is 2.31. The average Bonchev–Trinajstić information content (AvgIpc) is 3.22. The number of nitrogens with zero attached hydrogens (tertiary/aromatic N) is 1. The van der Waals surface area contributed by atoms with Gasteiger partial charge in [-0.05, 0) is 69.7 Å². The third-order valence-electron chi connectivity index (χ3n) is 6.89. The first kappa shape index (κ1) is 22.7. The van der Waals surface area contributed by atoms with E-state index in [-0.39, 0.29) is 24.0 Å². The second-order valence-corrected chi connectivity index (χ2v) is 8.93. The van der Waals surface area contributed by atoms with Crippen molar-refractivity contribution in [3.8, 4) is 0 Å². The lowest BCUT2D eigenvalue weighted by atomic mass is 9.87. The Kier molecular flexibility index (Phi) is 7.07. The Hall–Kier alpha value is -2.49. The van der Waals surface area contributed by atoms with Crippen LogP contribution >= 0.6 is 0 Å². The predicted molar refractivity (Wildman–Crippen MR) is 120 cm³/mol. The first-order valence-corrected chi connectivity index (χ1v) is 11.7. The Bertz CT molecular complexity index is 862. The maximum Gasteiger partial charge on any atom is 0.252 e. The Morgan fingerprint density at radius 3 is 2.69 bits per heavy atom. The minimum absolute atomic E-state index is 0.0338. The van der Waals surface area contributed by atoms with E-state index in [2.05, 4.69) is 33.4 Å². The van der Waals surface area contributed by atoms with Gasteiger partial charge in [-0.1, -0.05) is 24.3 Å². The lowest BCUT2D eigenvalue weighted by Crippen LogP contribution is -2.61. The molecule has 3 aliphatic rings. The number of amides is 3. The van der Waals surface area contributed by atoms with Crippen LogP contribution in [0.25, 0.3) is 0 Å². The summed E-state index contributed by atoms with van der Waals surface area (Å²) < 4.78 is 0. The van der Waals surface area contributed by atoms with Gasteiger partial charge in [-0.25, -0.2) is 0 Å². The van der Waals surface area contributed by atoms with Crippen LogP contribution in [0.15, 0.2) is 24.3 Å². The van der Waals surface area contributed by atoms with E-state index >= 15 is 0 Å². The molecule has 0 spiro atoms. The van der Waals surface area contributed by atoms with Crippen LogP contribution in [0.4, 0.5) is 0 Å². The molecule has 2 aliphatic heterocycles. The summed E-state index contributed by atoms with van der Waals surface area (Å²) in [6, 6.07) is 6.96. The van der Waals surface area contributed by atoms with Gasteiger partial charge in [-0.15, -0.1) is 0 Å². The molecule has 9 heteroatoms. The highest BCUT2D eigenvalue weighted by Gasteiger charge is 2.44. The normalized spacial score (nSPS) is 28.7. The van der Waals surface area contributed by atoms with Gasteiger partial charge in [-0.3, -0.25) is 25.0 Å². The highest BCUT2D eigenvalue weighted by atomic mass is 16.2. The van der Waals surface area contributed by atoms with Crippen LogP contribution in [0.2, 0.25) is 0 Å². The van der Waals surface area contributed by atoms with Crippen LogP contribution in [0.3, 0.4) is 0 Å². The number of hydrogen-bond acceptors (Lipinski definition) is 6. The van der Waals surface area contributed by atoms with E-state index in [1.54, 1.807) is 11.9 Å². The molecule has 2 saturated heterocycles. The number of benzene rings is 1. The van der Waals surface area contributed by atoms with Gasteiger partial charge in [0.15, 0.2) is 0 Å². The van der Waals surface area contributed by atoms with E-state index in [1.165, 1.54) is 11.1 Å². The van der Waals surface area contributed by atoms with Crippen LogP contribution < -0.4 is 27.0 Å². The number of nitrogens with two attached hydrogens (primary N) is 1. The van der Waals surface area contributed by atoms with Crippen LogP contribution in [-0.4, -0.2) is 60.6 Å². The summed E-state index contributed by atoms with van der Waals surface area (Å²) in [6.45, 7) is 0.725. The van der Waals surface area contributed by atoms with Crippen molar-refractivity contribution in [3.05, 3.63) is 35.4 Å². The molecule has 1 aromatic carbocycles. The minimum atomic E-state index is -0.883. The van der Waals surface area contributed by atoms with Gasteiger partial charge in [0.2, 0.25) is 11.8 Å². The summed E-state index contributed by atoms with van der Waals surface area (Å²) >= 11 is 0. The summed E-state index contributed by atoms with van der Waals surface area (Å²) in [6.07, 6.45) is 4.43. The SMILES string of the molecule is CN[C@@H](N)C(=O)N[C@H]1CCCNC2CCC(C(=O)NC3CCCc4ccccc43)N2C1=O. The topological polar surface area (TPSA) is 129 Å². The molecule has 0 bridgehead atoms. The number of rotatable bonds is 5. The highest BCUT2D eigenvalue weighted by molar-refractivity contribution is 5.93. The van der Waals surface area contributed by atoms with Gasteiger partial charge in [0, 0.05) is 0 Å². The fourth-order valence-electron chi connectivity index (χ4n) is 5.15. The molecule has 3 amide bonds. The Morgan fingerprint density at radius 2 is 1.88 bits per heavy atom. The molecule has 2 heterocycles. The van der Waals surface area contributed by atoms with E-state index in [4.69, 9.17) is 5.73 Å².